The van der Waals surface area contributed by atoms with Gasteiger partial charge in [0.1, 0.15) is 17.3 Å². The van der Waals surface area contributed by atoms with Gasteiger partial charge in [0, 0.05) is 18.1 Å². The summed E-state index contributed by atoms with van der Waals surface area (Å²) in [6.45, 7) is 1.85. The molecule has 0 aliphatic heterocycles. The standard InChI is InChI=1S/C14H15ClN4O2/c1-8-4-10(12(21-3)5-9(8)15)19-14(20)11-6-18-13(16-2)7-17-11/h4-7H,1-3H3,(H,16,18)(H,19,20). The summed E-state index contributed by atoms with van der Waals surface area (Å²) in [4.78, 5) is 20.2. The Balaban J connectivity index is 2.24. The second-order valence-corrected chi connectivity index (χ2v) is 4.70. The molecule has 21 heavy (non-hydrogen) atoms. The molecule has 1 aromatic heterocycles. The number of benzene rings is 1. The van der Waals surface area contributed by atoms with Crippen molar-refractivity contribution in [2.45, 2.75) is 6.92 Å². The number of methoxy groups -OCH3 is 1. The second-order valence-electron chi connectivity index (χ2n) is 4.29. The van der Waals surface area contributed by atoms with Gasteiger partial charge in [-0.3, -0.25) is 4.79 Å². The molecule has 0 atom stereocenters. The van der Waals surface area contributed by atoms with E-state index in [4.69, 9.17) is 16.3 Å². The van der Waals surface area contributed by atoms with Crippen LogP contribution >= 0.6 is 11.6 Å². The number of rotatable bonds is 4. The van der Waals surface area contributed by atoms with E-state index < -0.39 is 0 Å². The lowest BCUT2D eigenvalue weighted by molar-refractivity contribution is 0.102. The molecule has 1 aromatic carbocycles. The van der Waals surface area contributed by atoms with Crippen molar-refractivity contribution in [3.63, 3.8) is 0 Å². The third-order valence-electron chi connectivity index (χ3n) is 2.87. The lowest BCUT2D eigenvalue weighted by Crippen LogP contribution is -2.15. The zero-order valence-electron chi connectivity index (χ0n) is 11.9. The number of carbonyl (C=O) groups excluding carboxylic acids is 1. The maximum Gasteiger partial charge on any atom is 0.275 e. The number of anilines is 2. The predicted molar refractivity (Wildman–Crippen MR) is 82.3 cm³/mol. The number of hydrogen-bond acceptors (Lipinski definition) is 5. The fourth-order valence-electron chi connectivity index (χ4n) is 1.69. The van der Waals surface area contributed by atoms with E-state index in [1.807, 2.05) is 6.92 Å². The summed E-state index contributed by atoms with van der Waals surface area (Å²) in [5.74, 6) is 0.704. The van der Waals surface area contributed by atoms with E-state index in [0.717, 1.165) is 5.56 Å². The summed E-state index contributed by atoms with van der Waals surface area (Å²) in [6, 6.07) is 3.40. The second kappa shape index (κ2) is 6.41. The SMILES string of the molecule is CNc1cnc(C(=O)Nc2cc(C)c(Cl)cc2OC)cn1. The number of hydrogen-bond donors (Lipinski definition) is 2. The Morgan fingerprint density at radius 1 is 1.29 bits per heavy atom. The van der Waals surface area contributed by atoms with Crippen molar-refractivity contribution in [1.82, 2.24) is 9.97 Å². The lowest BCUT2D eigenvalue weighted by atomic mass is 10.2. The molecule has 1 amide bonds. The highest BCUT2D eigenvalue weighted by atomic mass is 35.5. The van der Waals surface area contributed by atoms with Crippen LogP contribution in [0.25, 0.3) is 0 Å². The summed E-state index contributed by atoms with van der Waals surface area (Å²) in [7, 11) is 3.24. The quantitative estimate of drug-likeness (QED) is 0.908. The molecule has 1 heterocycles. The molecule has 0 radical (unpaired) electrons. The van der Waals surface area contributed by atoms with Crippen LogP contribution in [0.4, 0.5) is 11.5 Å². The van der Waals surface area contributed by atoms with E-state index in [-0.39, 0.29) is 11.6 Å². The maximum atomic E-state index is 12.2. The summed E-state index contributed by atoms with van der Waals surface area (Å²) in [6.07, 6.45) is 2.88. The van der Waals surface area contributed by atoms with Gasteiger partial charge in [-0.15, -0.1) is 0 Å². The third-order valence-corrected chi connectivity index (χ3v) is 3.28. The first-order chi connectivity index (χ1) is 10.0. The van der Waals surface area contributed by atoms with Crippen LogP contribution in [0.2, 0.25) is 5.02 Å². The van der Waals surface area contributed by atoms with Crippen LogP contribution in [0, 0.1) is 6.92 Å². The highest BCUT2D eigenvalue weighted by Crippen LogP contribution is 2.31. The highest BCUT2D eigenvalue weighted by Gasteiger charge is 2.13. The van der Waals surface area contributed by atoms with E-state index >= 15 is 0 Å². The van der Waals surface area contributed by atoms with E-state index in [2.05, 4.69) is 20.6 Å². The van der Waals surface area contributed by atoms with Crippen molar-refractivity contribution >= 4 is 29.0 Å². The Hall–Kier alpha value is -2.34. The zero-order valence-corrected chi connectivity index (χ0v) is 12.7. The Morgan fingerprint density at radius 2 is 2.05 bits per heavy atom. The number of ether oxygens (including phenoxy) is 1. The number of amides is 1. The molecule has 110 valence electrons. The average molecular weight is 307 g/mol. The summed E-state index contributed by atoms with van der Waals surface area (Å²) in [5, 5.41) is 6.14. The van der Waals surface area contributed by atoms with Gasteiger partial charge in [0.2, 0.25) is 0 Å². The number of carbonyl (C=O) groups is 1. The molecule has 0 aliphatic rings. The number of aryl methyl sites for hydroxylation is 1. The molecule has 6 nitrogen and oxygen atoms in total. The van der Waals surface area contributed by atoms with Gasteiger partial charge in [-0.05, 0) is 18.6 Å². The van der Waals surface area contributed by atoms with Gasteiger partial charge in [0.15, 0.2) is 0 Å². The van der Waals surface area contributed by atoms with Crippen molar-refractivity contribution in [1.29, 1.82) is 0 Å². The van der Waals surface area contributed by atoms with Crippen molar-refractivity contribution in [2.24, 2.45) is 0 Å². The predicted octanol–water partition coefficient (Wildman–Crippen LogP) is 2.74. The van der Waals surface area contributed by atoms with Crippen LogP contribution < -0.4 is 15.4 Å². The van der Waals surface area contributed by atoms with E-state index in [9.17, 15) is 4.79 Å². The van der Waals surface area contributed by atoms with E-state index in [0.29, 0.717) is 22.3 Å². The molecular formula is C14H15ClN4O2. The molecule has 0 saturated carbocycles. The smallest absolute Gasteiger partial charge is 0.275 e. The van der Waals surface area contributed by atoms with Gasteiger partial charge in [0.25, 0.3) is 5.91 Å². The van der Waals surface area contributed by atoms with E-state index in [1.165, 1.54) is 19.5 Å². The van der Waals surface area contributed by atoms with Crippen LogP contribution in [0.15, 0.2) is 24.5 Å². The zero-order chi connectivity index (χ0) is 15.4. The molecule has 2 N–H and O–H groups in total. The summed E-state index contributed by atoms with van der Waals surface area (Å²) >= 11 is 6.03. The molecule has 0 spiro atoms. The van der Waals surface area contributed by atoms with Gasteiger partial charge in [0.05, 0.1) is 25.2 Å². The first-order valence-corrected chi connectivity index (χ1v) is 6.58. The van der Waals surface area contributed by atoms with Gasteiger partial charge < -0.3 is 15.4 Å². The Bertz CT molecular complexity index is 659. The van der Waals surface area contributed by atoms with Crippen LogP contribution in [0.5, 0.6) is 5.75 Å². The van der Waals surface area contributed by atoms with Crippen molar-refractivity contribution in [3.8, 4) is 5.75 Å². The minimum Gasteiger partial charge on any atom is -0.495 e. The molecule has 0 saturated heterocycles. The molecular weight excluding hydrogens is 292 g/mol. The lowest BCUT2D eigenvalue weighted by Gasteiger charge is -2.12. The molecule has 2 rings (SSSR count). The van der Waals surface area contributed by atoms with Crippen LogP contribution in [0.1, 0.15) is 16.1 Å². The summed E-state index contributed by atoms with van der Waals surface area (Å²) < 4.78 is 5.21. The van der Waals surface area contributed by atoms with Crippen LogP contribution in [-0.2, 0) is 0 Å². The van der Waals surface area contributed by atoms with Crippen molar-refractivity contribution in [2.75, 3.05) is 24.8 Å². The van der Waals surface area contributed by atoms with E-state index in [1.54, 1.807) is 19.2 Å². The molecule has 0 fully saturated rings. The largest absolute Gasteiger partial charge is 0.495 e. The average Bonchev–Trinajstić information content (AvgIpc) is 2.50. The molecule has 0 aliphatic carbocycles. The normalized spacial score (nSPS) is 10.1. The molecule has 0 unspecified atom stereocenters. The minimum absolute atomic E-state index is 0.212. The molecule has 0 bridgehead atoms. The Kier molecular flexibility index (Phi) is 4.59. The topological polar surface area (TPSA) is 76.1 Å². The molecule has 2 aromatic rings. The molecule has 7 heteroatoms. The van der Waals surface area contributed by atoms with Crippen molar-refractivity contribution < 1.29 is 9.53 Å². The van der Waals surface area contributed by atoms with Gasteiger partial charge in [-0.2, -0.15) is 0 Å². The number of nitrogens with zero attached hydrogens (tertiary/aromatic N) is 2. The van der Waals surface area contributed by atoms with Crippen LogP contribution in [0.3, 0.4) is 0 Å². The Labute approximate surface area is 127 Å². The Morgan fingerprint density at radius 3 is 2.62 bits per heavy atom. The highest BCUT2D eigenvalue weighted by molar-refractivity contribution is 6.31. The fourth-order valence-corrected chi connectivity index (χ4v) is 1.84. The fraction of sp³-hybridized carbons (Fsp3) is 0.214. The number of nitrogens with one attached hydrogen (secondary N) is 2. The number of halogens is 1. The first-order valence-electron chi connectivity index (χ1n) is 6.20. The third kappa shape index (κ3) is 3.41. The monoisotopic (exact) mass is 306 g/mol. The van der Waals surface area contributed by atoms with Gasteiger partial charge in [-0.1, -0.05) is 11.6 Å². The van der Waals surface area contributed by atoms with Crippen LogP contribution in [-0.4, -0.2) is 30.0 Å². The summed E-state index contributed by atoms with van der Waals surface area (Å²) in [5.41, 5.74) is 1.58. The first kappa shape index (κ1) is 15.1. The minimum atomic E-state index is -0.370. The maximum absolute atomic E-state index is 12.2. The van der Waals surface area contributed by atoms with Gasteiger partial charge in [-0.25, -0.2) is 9.97 Å². The van der Waals surface area contributed by atoms with Crippen molar-refractivity contribution in [3.05, 3.63) is 40.8 Å². The van der Waals surface area contributed by atoms with Gasteiger partial charge >= 0.3 is 0 Å². The number of aromatic nitrogens is 2.